The number of nitrogens with one attached hydrogen (secondary N) is 1. The average molecular weight is 316 g/mol. The summed E-state index contributed by atoms with van der Waals surface area (Å²) < 4.78 is 19.1. The van der Waals surface area contributed by atoms with Gasteiger partial charge in [0.2, 0.25) is 5.91 Å². The van der Waals surface area contributed by atoms with E-state index in [2.05, 4.69) is 15.3 Å². The molecule has 1 aliphatic carbocycles. The molecule has 7 nitrogen and oxygen atoms in total. The Labute approximate surface area is 131 Å². The lowest BCUT2D eigenvalue weighted by atomic mass is 10.3. The van der Waals surface area contributed by atoms with Crippen molar-refractivity contribution in [3.8, 4) is 6.01 Å². The molecule has 0 spiro atoms. The lowest BCUT2D eigenvalue weighted by molar-refractivity contribution is -0.120. The first-order valence-electron chi connectivity index (χ1n) is 6.96. The quantitative estimate of drug-likeness (QED) is 0.922. The second-order valence-corrected chi connectivity index (χ2v) is 4.84. The highest BCUT2D eigenvalue weighted by Crippen LogP contribution is 2.21. The fourth-order valence-electron chi connectivity index (χ4n) is 2.10. The van der Waals surface area contributed by atoms with Crippen LogP contribution >= 0.6 is 0 Å². The molecule has 0 aromatic carbocycles. The van der Waals surface area contributed by atoms with E-state index in [1.54, 1.807) is 18.2 Å². The molecule has 0 radical (unpaired) electrons. The Kier molecular flexibility index (Phi) is 4.13. The monoisotopic (exact) mass is 316 g/mol. The molecule has 0 unspecified atom stereocenters. The van der Waals surface area contributed by atoms with E-state index in [-0.39, 0.29) is 30.6 Å². The average Bonchev–Trinajstić information content (AvgIpc) is 2.73. The first-order chi connectivity index (χ1) is 11.1. The van der Waals surface area contributed by atoms with E-state index >= 15 is 0 Å². The molecule has 0 saturated carbocycles. The number of anilines is 1. The molecule has 1 N–H and O–H groups in total. The predicted octanol–water partition coefficient (Wildman–Crippen LogP) is 2.00. The van der Waals surface area contributed by atoms with Crippen LogP contribution in [-0.2, 0) is 4.79 Å². The standard InChI is InChI=1S/C15H13FN4O3/c16-11-4-2-1-3-5-12(11)23-14-17-8-10(9-18-14)20-7-6-13(21)19-15(20)22/h1-4,8-9H,5-7H2,(H,19,21,22). The Bertz CT molecular complexity index is 725. The summed E-state index contributed by atoms with van der Waals surface area (Å²) in [6.07, 6.45) is 9.62. The highest BCUT2D eigenvalue weighted by atomic mass is 19.1. The molecule has 2 heterocycles. The van der Waals surface area contributed by atoms with Crippen molar-refractivity contribution in [2.24, 2.45) is 0 Å². The van der Waals surface area contributed by atoms with Gasteiger partial charge in [-0.25, -0.2) is 19.2 Å². The Morgan fingerprint density at radius 3 is 2.74 bits per heavy atom. The highest BCUT2D eigenvalue weighted by molar-refractivity contribution is 6.05. The zero-order valence-corrected chi connectivity index (χ0v) is 12.0. The molecule has 23 heavy (non-hydrogen) atoms. The van der Waals surface area contributed by atoms with Gasteiger partial charge in [-0.05, 0) is 6.08 Å². The highest BCUT2D eigenvalue weighted by Gasteiger charge is 2.24. The number of hydrogen-bond acceptors (Lipinski definition) is 5. The summed E-state index contributed by atoms with van der Waals surface area (Å²) in [6.45, 7) is 0.254. The third kappa shape index (κ3) is 3.42. The molecule has 1 fully saturated rings. The Morgan fingerprint density at radius 2 is 2.00 bits per heavy atom. The van der Waals surface area contributed by atoms with Crippen LogP contribution in [0.2, 0.25) is 0 Å². The number of aromatic nitrogens is 2. The summed E-state index contributed by atoms with van der Waals surface area (Å²) >= 11 is 0. The number of carbonyl (C=O) groups is 2. The summed E-state index contributed by atoms with van der Waals surface area (Å²) in [6, 6.07) is -0.539. The van der Waals surface area contributed by atoms with E-state index in [9.17, 15) is 14.0 Å². The zero-order valence-electron chi connectivity index (χ0n) is 12.0. The van der Waals surface area contributed by atoms with Crippen LogP contribution in [0.1, 0.15) is 12.8 Å². The number of allylic oxidation sites excluding steroid dienone is 5. The number of halogens is 1. The maximum absolute atomic E-state index is 13.7. The van der Waals surface area contributed by atoms with Crippen LogP contribution in [-0.4, -0.2) is 28.5 Å². The summed E-state index contributed by atoms with van der Waals surface area (Å²) in [7, 11) is 0. The summed E-state index contributed by atoms with van der Waals surface area (Å²) in [5.41, 5.74) is 0.428. The van der Waals surface area contributed by atoms with Crippen molar-refractivity contribution in [1.82, 2.24) is 15.3 Å². The summed E-state index contributed by atoms with van der Waals surface area (Å²) in [5, 5.41) is 2.21. The number of hydrogen-bond donors (Lipinski definition) is 1. The lowest BCUT2D eigenvalue weighted by Crippen LogP contribution is -2.49. The van der Waals surface area contributed by atoms with Crippen molar-refractivity contribution in [2.45, 2.75) is 12.8 Å². The van der Waals surface area contributed by atoms with Crippen molar-refractivity contribution in [3.05, 3.63) is 48.3 Å². The molecule has 1 aromatic rings. The molecule has 1 aliphatic heterocycles. The van der Waals surface area contributed by atoms with E-state index < -0.39 is 11.9 Å². The van der Waals surface area contributed by atoms with E-state index in [0.29, 0.717) is 12.1 Å². The molecule has 1 saturated heterocycles. The van der Waals surface area contributed by atoms with E-state index in [1.165, 1.54) is 23.4 Å². The van der Waals surface area contributed by atoms with E-state index in [1.807, 2.05) is 0 Å². The van der Waals surface area contributed by atoms with Gasteiger partial charge in [0.25, 0.3) is 0 Å². The maximum atomic E-state index is 13.7. The van der Waals surface area contributed by atoms with Crippen LogP contribution in [0, 0.1) is 0 Å². The number of rotatable bonds is 3. The third-order valence-electron chi connectivity index (χ3n) is 3.25. The fourth-order valence-corrected chi connectivity index (χ4v) is 2.10. The maximum Gasteiger partial charge on any atom is 0.328 e. The molecular weight excluding hydrogens is 303 g/mol. The van der Waals surface area contributed by atoms with Crippen LogP contribution in [0.3, 0.4) is 0 Å². The first kappa shape index (κ1) is 14.9. The number of urea groups is 1. The van der Waals surface area contributed by atoms with Gasteiger partial charge in [0.1, 0.15) is 5.76 Å². The van der Waals surface area contributed by atoms with Crippen molar-refractivity contribution < 1.29 is 18.7 Å². The van der Waals surface area contributed by atoms with Crippen LogP contribution < -0.4 is 15.0 Å². The van der Waals surface area contributed by atoms with Crippen LogP contribution in [0.5, 0.6) is 6.01 Å². The van der Waals surface area contributed by atoms with E-state index in [4.69, 9.17) is 4.74 Å². The SMILES string of the molecule is O=C1CCN(c2cnc(OC3=C(F)C=CC=CC3)nc2)C(=O)N1. The minimum absolute atomic E-state index is 0.0175. The van der Waals surface area contributed by atoms with Crippen molar-refractivity contribution in [1.29, 1.82) is 0 Å². The third-order valence-corrected chi connectivity index (χ3v) is 3.25. The number of nitrogens with zero attached hydrogens (tertiary/aromatic N) is 3. The first-order valence-corrected chi connectivity index (χ1v) is 6.96. The molecule has 0 atom stereocenters. The number of carbonyl (C=O) groups excluding carboxylic acids is 2. The molecule has 3 amide bonds. The smallest absolute Gasteiger partial charge is 0.328 e. The zero-order chi connectivity index (χ0) is 16.2. The van der Waals surface area contributed by atoms with Gasteiger partial charge in [-0.1, -0.05) is 18.2 Å². The number of amides is 3. The van der Waals surface area contributed by atoms with Gasteiger partial charge in [-0.3, -0.25) is 15.0 Å². The van der Waals surface area contributed by atoms with Gasteiger partial charge in [0.05, 0.1) is 18.1 Å². The largest absolute Gasteiger partial charge is 0.425 e. The minimum Gasteiger partial charge on any atom is -0.425 e. The van der Waals surface area contributed by atoms with Gasteiger partial charge in [0.15, 0.2) is 5.83 Å². The van der Waals surface area contributed by atoms with Gasteiger partial charge < -0.3 is 4.74 Å². The molecule has 0 bridgehead atoms. The second kappa shape index (κ2) is 6.39. The number of imide groups is 1. The summed E-state index contributed by atoms with van der Waals surface area (Å²) in [4.78, 5) is 32.2. The van der Waals surface area contributed by atoms with E-state index in [0.717, 1.165) is 0 Å². The molecule has 1 aromatic heterocycles. The van der Waals surface area contributed by atoms with Crippen molar-refractivity contribution >= 4 is 17.6 Å². The normalized spacial score (nSPS) is 18.0. The van der Waals surface area contributed by atoms with Crippen LogP contribution in [0.15, 0.2) is 48.3 Å². The van der Waals surface area contributed by atoms with Gasteiger partial charge in [-0.15, -0.1) is 0 Å². The molecule has 2 aliphatic rings. The van der Waals surface area contributed by atoms with Gasteiger partial charge in [-0.2, -0.15) is 0 Å². The Morgan fingerprint density at radius 1 is 1.22 bits per heavy atom. The Hall–Kier alpha value is -3.03. The van der Waals surface area contributed by atoms with Gasteiger partial charge >= 0.3 is 12.0 Å². The fraction of sp³-hybridized carbons (Fsp3) is 0.200. The summed E-state index contributed by atoms with van der Waals surface area (Å²) in [5.74, 6) is -0.690. The van der Waals surface area contributed by atoms with Gasteiger partial charge in [0, 0.05) is 19.4 Å². The van der Waals surface area contributed by atoms with Crippen molar-refractivity contribution in [2.75, 3.05) is 11.4 Å². The second-order valence-electron chi connectivity index (χ2n) is 4.84. The molecular formula is C15H13FN4O3. The topological polar surface area (TPSA) is 84.4 Å². The lowest BCUT2D eigenvalue weighted by Gasteiger charge is -2.25. The molecule has 118 valence electrons. The Balaban J connectivity index is 1.72. The van der Waals surface area contributed by atoms with Crippen LogP contribution in [0.4, 0.5) is 14.9 Å². The molecule has 8 heteroatoms. The number of ether oxygens (including phenoxy) is 1. The molecule has 3 rings (SSSR count). The predicted molar refractivity (Wildman–Crippen MR) is 79.2 cm³/mol. The van der Waals surface area contributed by atoms with Crippen molar-refractivity contribution in [3.63, 3.8) is 0 Å². The minimum atomic E-state index is -0.522. The van der Waals surface area contributed by atoms with Crippen LogP contribution in [0.25, 0.3) is 0 Å².